The number of hydrogen-bond acceptors (Lipinski definition) is 4. The van der Waals surface area contributed by atoms with Crippen LogP contribution in [0.5, 0.6) is 0 Å². The smallest absolute Gasteiger partial charge is 0.423 e. The lowest BCUT2D eigenvalue weighted by atomic mass is 9.80. The number of benzene rings is 3. The first-order chi connectivity index (χ1) is 16.4. The number of rotatable bonds is 5. The summed E-state index contributed by atoms with van der Waals surface area (Å²) in [5.74, 6) is -2.19. The molecule has 0 heterocycles. The molecule has 0 radical (unpaired) electrons. The van der Waals surface area contributed by atoms with Crippen molar-refractivity contribution in [1.82, 2.24) is 10.4 Å². The van der Waals surface area contributed by atoms with Crippen LogP contribution in [-0.2, 0) is 0 Å². The molecule has 0 bridgehead atoms. The fraction of sp³-hybridized carbons (Fsp3) is 0.259. The van der Waals surface area contributed by atoms with Crippen molar-refractivity contribution in [2.75, 3.05) is 0 Å². The number of halogens is 1. The minimum absolute atomic E-state index is 0.0842. The lowest BCUT2D eigenvalue weighted by Gasteiger charge is -2.40. The van der Waals surface area contributed by atoms with Crippen LogP contribution in [0.15, 0.2) is 66.7 Å². The van der Waals surface area contributed by atoms with Crippen molar-refractivity contribution < 1.29 is 24.0 Å². The van der Waals surface area contributed by atoms with E-state index in [1.54, 1.807) is 12.1 Å². The van der Waals surface area contributed by atoms with Crippen LogP contribution in [0.3, 0.4) is 0 Å². The first-order valence-corrected chi connectivity index (χ1v) is 11.3. The van der Waals surface area contributed by atoms with Gasteiger partial charge in [-0.15, -0.1) is 0 Å². The van der Waals surface area contributed by atoms with Gasteiger partial charge in [0.1, 0.15) is 5.82 Å². The number of nitrogens with zero attached hydrogens (tertiary/aromatic N) is 1. The molecule has 0 aliphatic rings. The minimum Gasteiger partial charge on any atom is -0.423 e. The molecule has 0 aliphatic heterocycles. The molecule has 0 saturated heterocycles. The zero-order valence-electron chi connectivity index (χ0n) is 20.5. The Labute approximate surface area is 205 Å². The fourth-order valence-electron chi connectivity index (χ4n) is 4.19. The molecule has 1 unspecified atom stereocenters. The summed E-state index contributed by atoms with van der Waals surface area (Å²) in [6.45, 7) is 9.64. The molecule has 0 aromatic heterocycles. The van der Waals surface area contributed by atoms with Crippen LogP contribution in [0.1, 0.15) is 64.2 Å². The Morgan fingerprint density at radius 1 is 0.943 bits per heavy atom. The van der Waals surface area contributed by atoms with E-state index in [4.69, 9.17) is 0 Å². The molecule has 1 atom stereocenters. The summed E-state index contributed by atoms with van der Waals surface area (Å²) in [5, 5.41) is 19.8. The topological polar surface area (TPSA) is 89.9 Å². The van der Waals surface area contributed by atoms with Crippen molar-refractivity contribution in [1.29, 1.82) is 0 Å². The molecule has 0 spiro atoms. The molecule has 3 rings (SSSR count). The Morgan fingerprint density at radius 3 is 2.06 bits per heavy atom. The fourth-order valence-corrected chi connectivity index (χ4v) is 4.19. The Morgan fingerprint density at radius 2 is 1.54 bits per heavy atom. The normalized spacial score (nSPS) is 12.1. The Bertz CT molecular complexity index is 1210. The first-order valence-electron chi connectivity index (χ1n) is 11.3. The highest BCUT2D eigenvalue weighted by molar-refractivity contribution is 6.58. The average molecular weight is 476 g/mol. The van der Waals surface area contributed by atoms with Crippen LogP contribution in [0.25, 0.3) is 0 Å². The predicted molar refractivity (Wildman–Crippen MR) is 134 cm³/mol. The van der Waals surface area contributed by atoms with Gasteiger partial charge in [-0.05, 0) is 54.6 Å². The van der Waals surface area contributed by atoms with Crippen molar-refractivity contribution in [2.45, 2.75) is 40.7 Å². The molecule has 6 nitrogen and oxygen atoms in total. The van der Waals surface area contributed by atoms with Gasteiger partial charge in [0.2, 0.25) is 0 Å². The van der Waals surface area contributed by atoms with Crippen molar-refractivity contribution >= 4 is 24.4 Å². The lowest BCUT2D eigenvalue weighted by molar-refractivity contribution is 0.0287. The molecular weight excluding hydrogens is 446 g/mol. The number of hydrazine groups is 1. The number of nitrogens with one attached hydrogen (secondary N) is 1. The summed E-state index contributed by atoms with van der Waals surface area (Å²) < 4.78 is 14.7. The van der Waals surface area contributed by atoms with E-state index in [-0.39, 0.29) is 11.0 Å². The van der Waals surface area contributed by atoms with Crippen molar-refractivity contribution in [3.05, 3.63) is 100 Å². The van der Waals surface area contributed by atoms with Gasteiger partial charge >= 0.3 is 7.12 Å². The van der Waals surface area contributed by atoms with Crippen LogP contribution in [0.4, 0.5) is 4.39 Å². The van der Waals surface area contributed by atoms with Crippen LogP contribution in [0.2, 0.25) is 0 Å². The maximum atomic E-state index is 14.7. The summed E-state index contributed by atoms with van der Waals surface area (Å²) in [6, 6.07) is 17.5. The second-order valence-electron chi connectivity index (χ2n) is 9.78. The highest BCUT2D eigenvalue weighted by atomic mass is 19.1. The zero-order chi connectivity index (χ0) is 25.9. The SMILES string of the molecule is Cc1cc(C)cc(C(=O)N(NC(=O)c2ccc(B(O)O)cc2F)C(c2ccccc2)C(C)(C)C)c1. The second kappa shape index (κ2) is 10.4. The van der Waals surface area contributed by atoms with E-state index in [2.05, 4.69) is 5.43 Å². The quantitative estimate of drug-likeness (QED) is 0.387. The van der Waals surface area contributed by atoms with E-state index < -0.39 is 36.2 Å². The molecule has 8 heteroatoms. The number of carbonyl (C=O) groups is 2. The molecule has 2 amide bonds. The standard InChI is InChI=1S/C27H30BFN2O4/c1-17-13-18(2)15-20(14-17)26(33)31(24(27(3,4)5)19-9-7-6-8-10-19)30-25(32)22-12-11-21(28(34)35)16-23(22)29/h6-16,24,34-35H,1-5H3,(H,30,32). The highest BCUT2D eigenvalue weighted by Crippen LogP contribution is 2.38. The van der Waals surface area contributed by atoms with E-state index in [1.807, 2.05) is 71.0 Å². The summed E-state index contributed by atoms with van der Waals surface area (Å²) >= 11 is 0. The van der Waals surface area contributed by atoms with Gasteiger partial charge in [0.15, 0.2) is 0 Å². The van der Waals surface area contributed by atoms with E-state index in [9.17, 15) is 24.0 Å². The predicted octanol–water partition coefficient (Wildman–Crippen LogP) is 3.70. The van der Waals surface area contributed by atoms with Gasteiger partial charge in [0, 0.05) is 5.56 Å². The summed E-state index contributed by atoms with van der Waals surface area (Å²) in [6.07, 6.45) is 0. The average Bonchev–Trinajstić information content (AvgIpc) is 2.77. The molecular formula is C27H30BFN2O4. The number of carbonyl (C=O) groups excluding carboxylic acids is 2. The molecule has 182 valence electrons. The van der Waals surface area contributed by atoms with Crippen LogP contribution in [0, 0.1) is 25.1 Å². The maximum Gasteiger partial charge on any atom is 0.488 e. The Hall–Kier alpha value is -3.49. The van der Waals surface area contributed by atoms with E-state index >= 15 is 0 Å². The number of aryl methyl sites for hydroxylation is 2. The third-order valence-electron chi connectivity index (χ3n) is 5.64. The Kier molecular flexibility index (Phi) is 7.78. The number of amides is 2. The summed E-state index contributed by atoms with van der Waals surface area (Å²) in [5.41, 5.74) is 4.72. The second-order valence-corrected chi connectivity index (χ2v) is 9.78. The van der Waals surface area contributed by atoms with Gasteiger partial charge in [-0.2, -0.15) is 0 Å². The van der Waals surface area contributed by atoms with Crippen molar-refractivity contribution in [3.63, 3.8) is 0 Å². The van der Waals surface area contributed by atoms with Gasteiger partial charge in [-0.3, -0.25) is 15.0 Å². The van der Waals surface area contributed by atoms with E-state index in [0.29, 0.717) is 5.56 Å². The summed E-state index contributed by atoms with van der Waals surface area (Å²) in [7, 11) is -1.87. The number of hydrogen-bond donors (Lipinski definition) is 3. The monoisotopic (exact) mass is 476 g/mol. The molecule has 3 aromatic carbocycles. The van der Waals surface area contributed by atoms with Gasteiger partial charge in [-0.1, -0.05) is 74.4 Å². The van der Waals surface area contributed by atoms with Crippen LogP contribution >= 0.6 is 0 Å². The third-order valence-corrected chi connectivity index (χ3v) is 5.64. The molecule has 0 aliphatic carbocycles. The van der Waals surface area contributed by atoms with E-state index in [0.717, 1.165) is 28.8 Å². The van der Waals surface area contributed by atoms with Crippen molar-refractivity contribution in [2.24, 2.45) is 5.41 Å². The Balaban J connectivity index is 2.10. The zero-order valence-corrected chi connectivity index (χ0v) is 20.5. The largest absolute Gasteiger partial charge is 0.488 e. The van der Waals surface area contributed by atoms with Gasteiger partial charge in [0.05, 0.1) is 11.6 Å². The van der Waals surface area contributed by atoms with E-state index in [1.165, 1.54) is 11.1 Å². The molecule has 35 heavy (non-hydrogen) atoms. The summed E-state index contributed by atoms with van der Waals surface area (Å²) in [4.78, 5) is 27.1. The van der Waals surface area contributed by atoms with Crippen LogP contribution < -0.4 is 10.9 Å². The van der Waals surface area contributed by atoms with Gasteiger partial charge in [0.25, 0.3) is 11.8 Å². The maximum absolute atomic E-state index is 14.7. The van der Waals surface area contributed by atoms with Crippen molar-refractivity contribution in [3.8, 4) is 0 Å². The molecule has 3 N–H and O–H groups in total. The first kappa shape index (κ1) is 26.1. The third kappa shape index (κ3) is 6.15. The van der Waals surface area contributed by atoms with Gasteiger partial charge < -0.3 is 10.0 Å². The molecule has 0 saturated carbocycles. The highest BCUT2D eigenvalue weighted by Gasteiger charge is 2.37. The lowest BCUT2D eigenvalue weighted by Crippen LogP contribution is -2.52. The van der Waals surface area contributed by atoms with Crippen LogP contribution in [-0.4, -0.2) is 34.0 Å². The molecule has 0 fully saturated rings. The molecule has 3 aromatic rings. The minimum atomic E-state index is -1.87. The van der Waals surface area contributed by atoms with Gasteiger partial charge in [-0.25, -0.2) is 9.40 Å².